The fraction of sp³-hybridized carbons (Fsp3) is 0.500. The highest BCUT2D eigenvalue weighted by Crippen LogP contribution is 2.35. The monoisotopic (exact) mass is 262 g/mol. The van der Waals surface area contributed by atoms with Gasteiger partial charge in [0.1, 0.15) is 5.82 Å². The number of aromatic nitrogens is 2. The molecular formula is C14H18N2OS. The average Bonchev–Trinajstić information content (AvgIpc) is 3.09. The van der Waals surface area contributed by atoms with Crippen LogP contribution in [-0.2, 0) is 0 Å². The molecule has 2 atom stereocenters. The molecule has 3 rings (SSSR count). The van der Waals surface area contributed by atoms with Crippen molar-refractivity contribution in [3.63, 3.8) is 0 Å². The lowest BCUT2D eigenvalue weighted by molar-refractivity contribution is 0.163. The molecule has 2 aromatic rings. The van der Waals surface area contributed by atoms with Crippen LogP contribution < -0.4 is 0 Å². The zero-order valence-electron chi connectivity index (χ0n) is 10.3. The summed E-state index contributed by atoms with van der Waals surface area (Å²) < 4.78 is 2.30. The van der Waals surface area contributed by atoms with Crippen molar-refractivity contribution in [3.8, 4) is 10.7 Å². The normalized spacial score (nSPS) is 24.3. The van der Waals surface area contributed by atoms with Crippen LogP contribution in [0.15, 0.2) is 29.9 Å². The highest BCUT2D eigenvalue weighted by molar-refractivity contribution is 7.13. The lowest BCUT2D eigenvalue weighted by Gasteiger charge is -2.29. The largest absolute Gasteiger partial charge is 0.396 e. The van der Waals surface area contributed by atoms with Crippen LogP contribution in [0.5, 0.6) is 0 Å². The highest BCUT2D eigenvalue weighted by Gasteiger charge is 2.24. The van der Waals surface area contributed by atoms with Crippen LogP contribution >= 0.6 is 11.3 Å². The Morgan fingerprint density at radius 3 is 3.17 bits per heavy atom. The first kappa shape index (κ1) is 11.9. The van der Waals surface area contributed by atoms with E-state index in [1.54, 1.807) is 11.3 Å². The van der Waals surface area contributed by atoms with Crippen LogP contribution in [-0.4, -0.2) is 21.3 Å². The molecule has 0 aliphatic heterocycles. The molecule has 0 amide bonds. The first-order chi connectivity index (χ1) is 8.88. The third-order valence-electron chi connectivity index (χ3n) is 3.82. The summed E-state index contributed by atoms with van der Waals surface area (Å²) in [5, 5.41) is 11.4. The Hall–Kier alpha value is -1.13. The number of hydrogen-bond acceptors (Lipinski definition) is 3. The molecule has 3 nitrogen and oxygen atoms in total. The molecule has 0 radical (unpaired) electrons. The topological polar surface area (TPSA) is 38.0 Å². The van der Waals surface area contributed by atoms with E-state index < -0.39 is 0 Å². The molecule has 1 aliphatic carbocycles. The van der Waals surface area contributed by atoms with E-state index in [1.165, 1.54) is 17.7 Å². The number of hydrogen-bond donors (Lipinski definition) is 1. The minimum absolute atomic E-state index is 0.319. The molecule has 0 bridgehead atoms. The average molecular weight is 262 g/mol. The van der Waals surface area contributed by atoms with Gasteiger partial charge in [-0.25, -0.2) is 4.98 Å². The second-order valence-corrected chi connectivity index (χ2v) is 5.95. The summed E-state index contributed by atoms with van der Waals surface area (Å²) in [4.78, 5) is 5.72. The SMILES string of the molecule is OC[C@H]1CCC[C@@H](n2ccnc2-c2cccs2)C1. The van der Waals surface area contributed by atoms with Gasteiger partial charge in [-0.3, -0.25) is 0 Å². The van der Waals surface area contributed by atoms with E-state index in [-0.39, 0.29) is 0 Å². The minimum atomic E-state index is 0.319. The summed E-state index contributed by atoms with van der Waals surface area (Å²) in [6.07, 6.45) is 8.61. The Morgan fingerprint density at radius 1 is 1.44 bits per heavy atom. The molecule has 1 fully saturated rings. The molecule has 96 valence electrons. The molecule has 18 heavy (non-hydrogen) atoms. The Bertz CT molecular complexity index is 492. The molecule has 4 heteroatoms. The summed E-state index contributed by atoms with van der Waals surface area (Å²) in [6.45, 7) is 0.319. The maximum absolute atomic E-state index is 9.34. The molecule has 1 N–H and O–H groups in total. The van der Waals surface area contributed by atoms with Crippen LogP contribution in [0.3, 0.4) is 0 Å². The first-order valence-corrected chi connectivity index (χ1v) is 7.44. The third kappa shape index (κ3) is 2.22. The summed E-state index contributed by atoms with van der Waals surface area (Å²) in [5.74, 6) is 1.54. The maximum Gasteiger partial charge on any atom is 0.150 e. The minimum Gasteiger partial charge on any atom is -0.396 e. The van der Waals surface area contributed by atoms with Gasteiger partial charge < -0.3 is 9.67 Å². The van der Waals surface area contributed by atoms with Crippen LogP contribution in [0.2, 0.25) is 0 Å². The predicted octanol–water partition coefficient (Wildman–Crippen LogP) is 3.34. The number of thiophene rings is 1. The zero-order chi connectivity index (χ0) is 12.4. The number of nitrogens with zero attached hydrogens (tertiary/aromatic N) is 2. The van der Waals surface area contributed by atoms with Crippen LogP contribution in [0.25, 0.3) is 10.7 Å². The van der Waals surface area contributed by atoms with Crippen molar-refractivity contribution < 1.29 is 5.11 Å². The number of imidazole rings is 1. The summed E-state index contributed by atoms with van der Waals surface area (Å²) in [7, 11) is 0. The molecule has 0 aromatic carbocycles. The number of rotatable bonds is 3. The first-order valence-electron chi connectivity index (χ1n) is 6.56. The molecule has 0 saturated heterocycles. The summed E-state index contributed by atoms with van der Waals surface area (Å²) >= 11 is 1.73. The lowest BCUT2D eigenvalue weighted by Crippen LogP contribution is -2.21. The van der Waals surface area contributed by atoms with E-state index >= 15 is 0 Å². The smallest absolute Gasteiger partial charge is 0.150 e. The van der Waals surface area contributed by atoms with E-state index in [1.807, 2.05) is 6.20 Å². The Balaban J connectivity index is 1.86. The Kier molecular flexibility index (Phi) is 3.48. The van der Waals surface area contributed by atoms with Gasteiger partial charge in [-0.2, -0.15) is 0 Å². The second-order valence-electron chi connectivity index (χ2n) is 5.00. The van der Waals surface area contributed by atoms with Gasteiger partial charge in [-0.15, -0.1) is 11.3 Å². The van der Waals surface area contributed by atoms with Gasteiger partial charge in [-0.05, 0) is 36.6 Å². The quantitative estimate of drug-likeness (QED) is 0.921. The molecule has 1 saturated carbocycles. The van der Waals surface area contributed by atoms with Gasteiger partial charge in [-0.1, -0.05) is 12.5 Å². The zero-order valence-corrected chi connectivity index (χ0v) is 11.1. The number of aliphatic hydroxyl groups excluding tert-OH is 1. The van der Waals surface area contributed by atoms with E-state index in [0.717, 1.165) is 18.7 Å². The molecule has 1 aliphatic rings. The van der Waals surface area contributed by atoms with Crippen LogP contribution in [0.1, 0.15) is 31.7 Å². The molecule has 0 unspecified atom stereocenters. The molecule has 0 spiro atoms. The third-order valence-corrected chi connectivity index (χ3v) is 4.68. The Labute approximate surface area is 111 Å². The fourth-order valence-corrected chi connectivity index (χ4v) is 3.61. The molecular weight excluding hydrogens is 244 g/mol. The van der Waals surface area contributed by atoms with Crippen molar-refractivity contribution >= 4 is 11.3 Å². The standard InChI is InChI=1S/C14H18N2OS/c17-10-11-3-1-4-12(9-11)16-7-6-15-14(16)13-5-2-8-18-13/h2,5-8,11-12,17H,1,3-4,9-10H2/t11-,12+/m0/s1. The van der Waals surface area contributed by atoms with E-state index in [4.69, 9.17) is 0 Å². The van der Waals surface area contributed by atoms with Gasteiger partial charge in [0, 0.05) is 25.0 Å². The highest BCUT2D eigenvalue weighted by atomic mass is 32.1. The summed E-state index contributed by atoms with van der Waals surface area (Å²) in [5.41, 5.74) is 0. The van der Waals surface area contributed by atoms with Crippen molar-refractivity contribution in [3.05, 3.63) is 29.9 Å². The van der Waals surface area contributed by atoms with Crippen molar-refractivity contribution in [1.82, 2.24) is 9.55 Å². The van der Waals surface area contributed by atoms with Crippen molar-refractivity contribution in [2.75, 3.05) is 6.61 Å². The van der Waals surface area contributed by atoms with Crippen molar-refractivity contribution in [2.45, 2.75) is 31.7 Å². The Morgan fingerprint density at radius 2 is 2.39 bits per heavy atom. The molecule has 2 aromatic heterocycles. The van der Waals surface area contributed by atoms with Crippen LogP contribution in [0.4, 0.5) is 0 Å². The van der Waals surface area contributed by atoms with E-state index in [2.05, 4.69) is 33.3 Å². The van der Waals surface area contributed by atoms with Crippen LogP contribution in [0, 0.1) is 5.92 Å². The van der Waals surface area contributed by atoms with Gasteiger partial charge in [0.2, 0.25) is 0 Å². The second kappa shape index (κ2) is 5.24. The van der Waals surface area contributed by atoms with Gasteiger partial charge in [0.05, 0.1) is 4.88 Å². The van der Waals surface area contributed by atoms with Gasteiger partial charge >= 0.3 is 0 Å². The van der Waals surface area contributed by atoms with Gasteiger partial charge in [0.15, 0.2) is 0 Å². The predicted molar refractivity (Wildman–Crippen MR) is 73.6 cm³/mol. The van der Waals surface area contributed by atoms with E-state index in [9.17, 15) is 5.11 Å². The summed E-state index contributed by atoms with van der Waals surface area (Å²) in [6, 6.07) is 4.68. The van der Waals surface area contributed by atoms with Gasteiger partial charge in [0.25, 0.3) is 0 Å². The number of aliphatic hydroxyl groups is 1. The lowest BCUT2D eigenvalue weighted by atomic mass is 9.86. The van der Waals surface area contributed by atoms with Crippen molar-refractivity contribution in [2.24, 2.45) is 5.92 Å². The van der Waals surface area contributed by atoms with Crippen molar-refractivity contribution in [1.29, 1.82) is 0 Å². The van der Waals surface area contributed by atoms with E-state index in [0.29, 0.717) is 18.6 Å². The maximum atomic E-state index is 9.34. The molecule has 2 heterocycles. The fourth-order valence-electron chi connectivity index (χ4n) is 2.89.